The fourth-order valence-corrected chi connectivity index (χ4v) is 1.90. The number of esters is 1. The minimum absolute atomic E-state index is 0.0134. The number of carbonyl (C=O) groups excluding carboxylic acids is 1. The lowest BCUT2D eigenvalue weighted by Crippen LogP contribution is -2.36. The summed E-state index contributed by atoms with van der Waals surface area (Å²) >= 11 is 0. The molecule has 0 aromatic carbocycles. The Hall–Kier alpha value is -0.570. The molecule has 3 nitrogen and oxygen atoms in total. The summed E-state index contributed by atoms with van der Waals surface area (Å²) < 4.78 is 5.14. The highest BCUT2D eigenvalue weighted by Crippen LogP contribution is 2.22. The highest BCUT2D eigenvalue weighted by molar-refractivity contribution is 5.69. The Labute approximate surface area is 86.2 Å². The van der Waals surface area contributed by atoms with Crippen molar-refractivity contribution in [1.82, 2.24) is 5.32 Å². The van der Waals surface area contributed by atoms with Crippen LogP contribution in [0.5, 0.6) is 0 Å². The van der Waals surface area contributed by atoms with Crippen molar-refractivity contribution in [2.24, 2.45) is 11.8 Å². The van der Waals surface area contributed by atoms with E-state index >= 15 is 0 Å². The lowest BCUT2D eigenvalue weighted by Gasteiger charge is -2.28. The minimum atomic E-state index is -0.0428. The molecule has 0 spiro atoms. The van der Waals surface area contributed by atoms with Crippen LogP contribution in [0.25, 0.3) is 0 Å². The van der Waals surface area contributed by atoms with Gasteiger partial charge in [0.25, 0.3) is 0 Å². The SMILES string of the molecule is CC(C)OC(=O)C[C@@H]1CCNC[C@@H]1C. The fourth-order valence-electron chi connectivity index (χ4n) is 1.90. The minimum Gasteiger partial charge on any atom is -0.463 e. The molecule has 0 saturated carbocycles. The van der Waals surface area contributed by atoms with E-state index in [0.29, 0.717) is 18.3 Å². The molecule has 2 atom stereocenters. The van der Waals surface area contributed by atoms with Crippen molar-refractivity contribution in [2.45, 2.75) is 39.7 Å². The van der Waals surface area contributed by atoms with Gasteiger partial charge in [-0.15, -0.1) is 0 Å². The molecule has 1 N–H and O–H groups in total. The first kappa shape index (κ1) is 11.5. The smallest absolute Gasteiger partial charge is 0.306 e. The molecule has 14 heavy (non-hydrogen) atoms. The second-order valence-electron chi connectivity index (χ2n) is 4.47. The molecule has 0 unspecified atom stereocenters. The van der Waals surface area contributed by atoms with Crippen LogP contribution in [0.2, 0.25) is 0 Å². The molecule has 3 heteroatoms. The first-order chi connectivity index (χ1) is 6.59. The highest BCUT2D eigenvalue weighted by atomic mass is 16.5. The zero-order valence-electron chi connectivity index (χ0n) is 9.38. The number of hydrogen-bond acceptors (Lipinski definition) is 3. The van der Waals surface area contributed by atoms with Gasteiger partial charge in [0.05, 0.1) is 6.10 Å². The molecule has 1 aliphatic rings. The van der Waals surface area contributed by atoms with Gasteiger partial charge in [-0.1, -0.05) is 6.92 Å². The molecular weight excluding hydrogens is 178 g/mol. The summed E-state index contributed by atoms with van der Waals surface area (Å²) in [4.78, 5) is 11.4. The highest BCUT2D eigenvalue weighted by Gasteiger charge is 2.24. The van der Waals surface area contributed by atoms with Crippen molar-refractivity contribution in [3.8, 4) is 0 Å². The van der Waals surface area contributed by atoms with E-state index in [0.717, 1.165) is 19.5 Å². The van der Waals surface area contributed by atoms with Crippen LogP contribution in [-0.2, 0) is 9.53 Å². The third-order valence-corrected chi connectivity index (χ3v) is 2.76. The van der Waals surface area contributed by atoms with Gasteiger partial charge < -0.3 is 10.1 Å². The third kappa shape index (κ3) is 3.66. The molecule has 0 aliphatic carbocycles. The van der Waals surface area contributed by atoms with Crippen molar-refractivity contribution in [2.75, 3.05) is 13.1 Å². The van der Waals surface area contributed by atoms with Gasteiger partial charge in [0.2, 0.25) is 0 Å². The lowest BCUT2D eigenvalue weighted by molar-refractivity contribution is -0.149. The van der Waals surface area contributed by atoms with Gasteiger partial charge in [-0.25, -0.2) is 0 Å². The quantitative estimate of drug-likeness (QED) is 0.701. The maximum atomic E-state index is 11.4. The Morgan fingerprint density at radius 2 is 2.29 bits per heavy atom. The summed E-state index contributed by atoms with van der Waals surface area (Å²) in [5.74, 6) is 1.05. The van der Waals surface area contributed by atoms with Crippen LogP contribution in [0, 0.1) is 11.8 Å². The maximum Gasteiger partial charge on any atom is 0.306 e. The van der Waals surface area contributed by atoms with Gasteiger partial charge in [0.15, 0.2) is 0 Å². The van der Waals surface area contributed by atoms with Crippen LogP contribution in [0.4, 0.5) is 0 Å². The summed E-state index contributed by atoms with van der Waals surface area (Å²) in [6.07, 6.45) is 1.69. The topological polar surface area (TPSA) is 38.3 Å². The maximum absolute atomic E-state index is 11.4. The number of piperidine rings is 1. The Morgan fingerprint density at radius 3 is 2.86 bits per heavy atom. The van der Waals surface area contributed by atoms with E-state index in [1.165, 1.54) is 0 Å². The summed E-state index contributed by atoms with van der Waals surface area (Å²) in [6.45, 7) is 8.04. The zero-order chi connectivity index (χ0) is 10.6. The van der Waals surface area contributed by atoms with E-state index in [9.17, 15) is 4.79 Å². The van der Waals surface area contributed by atoms with E-state index in [1.54, 1.807) is 0 Å². The fraction of sp³-hybridized carbons (Fsp3) is 0.909. The van der Waals surface area contributed by atoms with Crippen LogP contribution in [0.3, 0.4) is 0 Å². The van der Waals surface area contributed by atoms with Crippen LogP contribution < -0.4 is 5.32 Å². The molecule has 0 bridgehead atoms. The summed E-state index contributed by atoms with van der Waals surface area (Å²) in [5.41, 5.74) is 0. The second kappa shape index (κ2) is 5.35. The molecule has 0 aromatic heterocycles. The van der Waals surface area contributed by atoms with Gasteiger partial charge in [0, 0.05) is 6.42 Å². The van der Waals surface area contributed by atoms with Crippen LogP contribution >= 0.6 is 0 Å². The first-order valence-corrected chi connectivity index (χ1v) is 5.49. The molecule has 1 saturated heterocycles. The van der Waals surface area contributed by atoms with E-state index in [-0.39, 0.29) is 12.1 Å². The predicted octanol–water partition coefficient (Wildman–Crippen LogP) is 1.57. The Morgan fingerprint density at radius 1 is 1.57 bits per heavy atom. The molecule has 1 aliphatic heterocycles. The molecule has 1 fully saturated rings. The number of rotatable bonds is 3. The molecular formula is C11H21NO2. The molecule has 0 amide bonds. The third-order valence-electron chi connectivity index (χ3n) is 2.76. The van der Waals surface area contributed by atoms with Gasteiger partial charge in [-0.2, -0.15) is 0 Å². The van der Waals surface area contributed by atoms with Gasteiger partial charge >= 0.3 is 5.97 Å². The van der Waals surface area contributed by atoms with Crippen molar-refractivity contribution in [3.63, 3.8) is 0 Å². The van der Waals surface area contributed by atoms with E-state index in [1.807, 2.05) is 13.8 Å². The summed E-state index contributed by atoms with van der Waals surface area (Å²) in [7, 11) is 0. The van der Waals surface area contributed by atoms with Crippen molar-refractivity contribution >= 4 is 5.97 Å². The van der Waals surface area contributed by atoms with E-state index < -0.39 is 0 Å². The number of carbonyl (C=O) groups is 1. The van der Waals surface area contributed by atoms with E-state index in [4.69, 9.17) is 4.74 Å². The number of ether oxygens (including phenoxy) is 1. The average Bonchev–Trinajstić information content (AvgIpc) is 2.07. The Kier molecular flexibility index (Phi) is 4.39. The van der Waals surface area contributed by atoms with Crippen LogP contribution in [0.1, 0.15) is 33.6 Å². The predicted molar refractivity (Wildman–Crippen MR) is 56.0 cm³/mol. The standard InChI is InChI=1S/C11H21NO2/c1-8(2)14-11(13)6-10-4-5-12-7-9(10)3/h8-10,12H,4-7H2,1-3H3/t9-,10-/m0/s1. The van der Waals surface area contributed by atoms with Crippen molar-refractivity contribution in [1.29, 1.82) is 0 Å². The van der Waals surface area contributed by atoms with E-state index in [2.05, 4.69) is 12.2 Å². The van der Waals surface area contributed by atoms with Crippen LogP contribution in [0.15, 0.2) is 0 Å². The largest absolute Gasteiger partial charge is 0.463 e. The normalized spacial score (nSPS) is 27.7. The van der Waals surface area contributed by atoms with Crippen molar-refractivity contribution < 1.29 is 9.53 Å². The van der Waals surface area contributed by atoms with Gasteiger partial charge in [-0.05, 0) is 45.2 Å². The van der Waals surface area contributed by atoms with Gasteiger partial charge in [0.1, 0.15) is 0 Å². The Balaban J connectivity index is 2.31. The lowest BCUT2D eigenvalue weighted by atomic mass is 9.85. The molecule has 82 valence electrons. The number of nitrogens with one attached hydrogen (secondary N) is 1. The average molecular weight is 199 g/mol. The van der Waals surface area contributed by atoms with Crippen molar-refractivity contribution in [3.05, 3.63) is 0 Å². The molecule has 0 aromatic rings. The summed E-state index contributed by atoms with van der Waals surface area (Å²) in [5, 5.41) is 3.33. The van der Waals surface area contributed by atoms with Crippen LogP contribution in [-0.4, -0.2) is 25.2 Å². The Bertz CT molecular complexity index is 192. The molecule has 1 heterocycles. The molecule has 0 radical (unpaired) electrons. The zero-order valence-corrected chi connectivity index (χ0v) is 9.38. The second-order valence-corrected chi connectivity index (χ2v) is 4.47. The summed E-state index contributed by atoms with van der Waals surface area (Å²) in [6, 6.07) is 0. The molecule has 1 rings (SSSR count). The number of hydrogen-bond donors (Lipinski definition) is 1. The first-order valence-electron chi connectivity index (χ1n) is 5.49. The monoisotopic (exact) mass is 199 g/mol. The van der Waals surface area contributed by atoms with Gasteiger partial charge in [-0.3, -0.25) is 4.79 Å².